The molecule has 1 aromatic heterocycles. The first kappa shape index (κ1) is 40.4. The van der Waals surface area contributed by atoms with E-state index in [1.54, 1.807) is 18.2 Å². The maximum absolute atomic E-state index is 13.8. The van der Waals surface area contributed by atoms with Crippen molar-refractivity contribution in [1.29, 1.82) is 0 Å². The summed E-state index contributed by atoms with van der Waals surface area (Å²) in [5.74, 6) is -1.17. The van der Waals surface area contributed by atoms with Crippen molar-refractivity contribution in [3.63, 3.8) is 0 Å². The number of fused-ring (bicyclic) bond motifs is 4. The Balaban J connectivity index is 0.686. The summed E-state index contributed by atoms with van der Waals surface area (Å²) < 4.78 is 4.65. The van der Waals surface area contributed by atoms with Crippen LogP contribution in [0.1, 0.15) is 65.7 Å². The number of phenols is 1. The Morgan fingerprint density at radius 1 is 0.823 bits per heavy atom. The number of aromatic nitrogens is 2. The number of carbonyl (C=O) groups is 5. The van der Waals surface area contributed by atoms with E-state index in [0.717, 1.165) is 112 Å². The van der Waals surface area contributed by atoms with Crippen molar-refractivity contribution < 1.29 is 38.9 Å². The third kappa shape index (κ3) is 7.12. The zero-order valence-corrected chi connectivity index (χ0v) is 34.9. The molecule has 5 fully saturated rings. The lowest BCUT2D eigenvalue weighted by Crippen LogP contribution is -2.58. The van der Waals surface area contributed by atoms with Crippen LogP contribution in [0.5, 0.6) is 5.75 Å². The average molecular weight is 848 g/mol. The van der Waals surface area contributed by atoms with Gasteiger partial charge in [0.15, 0.2) is 11.4 Å². The smallest absolute Gasteiger partial charge is 0.340 e. The van der Waals surface area contributed by atoms with Crippen LogP contribution < -0.4 is 15.1 Å². The number of likely N-dealkylation sites (tertiary alicyclic amines) is 2. The summed E-state index contributed by atoms with van der Waals surface area (Å²) in [6.45, 7) is 9.85. The van der Waals surface area contributed by atoms with Crippen LogP contribution in [0.2, 0.25) is 0 Å². The number of imide groups is 2. The van der Waals surface area contributed by atoms with Gasteiger partial charge in [0.1, 0.15) is 11.8 Å². The lowest BCUT2D eigenvalue weighted by molar-refractivity contribution is -0.159. The van der Waals surface area contributed by atoms with Crippen molar-refractivity contribution in [2.75, 3.05) is 87.7 Å². The number of aliphatic hydroxyl groups is 1. The number of esters is 1. The van der Waals surface area contributed by atoms with Gasteiger partial charge >= 0.3 is 5.97 Å². The summed E-state index contributed by atoms with van der Waals surface area (Å²) >= 11 is 0. The predicted molar refractivity (Wildman–Crippen MR) is 226 cm³/mol. The van der Waals surface area contributed by atoms with Gasteiger partial charge in [-0.2, -0.15) is 0 Å². The van der Waals surface area contributed by atoms with Gasteiger partial charge in [-0.3, -0.25) is 33.9 Å². The molecule has 0 spiro atoms. The van der Waals surface area contributed by atoms with Gasteiger partial charge in [0, 0.05) is 76.5 Å². The molecule has 3 aromatic rings. The first-order chi connectivity index (χ1) is 30.0. The van der Waals surface area contributed by atoms with Crippen LogP contribution in [0.4, 0.5) is 17.2 Å². The van der Waals surface area contributed by atoms with Gasteiger partial charge in [-0.1, -0.05) is 12.1 Å². The number of phenolic OH excluding ortho intramolecular Hbond substituents is 1. The maximum atomic E-state index is 13.8. The SMILES string of the molecule is COC(=O)C1(O)CC1N1C(=O)CCC(N2C(=O)c3ccc(N4CCC(CN5CCC(CN6CCN7c8cc(-c9ccccc9O)nnc8NC[C@H]7C6)CC5)CC4)cc3C2=O)C1=O. The van der Waals surface area contributed by atoms with Gasteiger partial charge in [0.05, 0.1) is 41.7 Å². The Morgan fingerprint density at radius 2 is 1.55 bits per heavy atom. The highest BCUT2D eigenvalue weighted by Gasteiger charge is 2.67. The van der Waals surface area contributed by atoms with Crippen LogP contribution in [0.3, 0.4) is 0 Å². The number of carbonyl (C=O) groups excluding carboxylic acids is 5. The Labute approximate surface area is 359 Å². The molecule has 4 atom stereocenters. The number of amides is 4. The van der Waals surface area contributed by atoms with Crippen LogP contribution in [0, 0.1) is 11.8 Å². The number of piperazine rings is 1. The van der Waals surface area contributed by atoms with E-state index >= 15 is 0 Å². The summed E-state index contributed by atoms with van der Waals surface area (Å²) in [6, 6.07) is 12.6. The topological polar surface area (TPSA) is 192 Å². The third-order valence-electron chi connectivity index (χ3n) is 14.4. The fourth-order valence-corrected chi connectivity index (χ4v) is 10.8. The van der Waals surface area contributed by atoms with Crippen molar-refractivity contribution in [3.05, 3.63) is 59.7 Å². The van der Waals surface area contributed by atoms with Crippen LogP contribution in [-0.4, -0.2) is 166 Å². The van der Waals surface area contributed by atoms with Crippen LogP contribution in [-0.2, 0) is 19.1 Å². The molecule has 6 aliphatic heterocycles. The standard InChI is InChI=1S/C45H53N9O8/c1-62-44(60)45(61)22-38(45)54-39(56)9-8-35(43(54)59)53-41(57)31-7-6-29(20-33(31)42(53)58)51-16-12-28(13-17-51)24-49-14-10-27(11-15-49)25-50-18-19-52-30(26-50)23-46-40-36(52)21-34(47-48-40)32-4-2-3-5-37(32)55/h2-7,20-21,27-28,30,35,38,55,61H,8-19,22-26H2,1H3,(H,46,48)/t30-,35?,38?,45?/m0/s1. The predicted octanol–water partition coefficient (Wildman–Crippen LogP) is 2.18. The molecule has 4 saturated heterocycles. The molecule has 326 valence electrons. The minimum atomic E-state index is -1.98. The fourth-order valence-electron chi connectivity index (χ4n) is 10.8. The zero-order valence-electron chi connectivity index (χ0n) is 34.9. The average Bonchev–Trinajstić information content (AvgIpc) is 3.91. The number of ether oxygens (including phenoxy) is 1. The minimum absolute atomic E-state index is 0.0196. The minimum Gasteiger partial charge on any atom is -0.507 e. The largest absolute Gasteiger partial charge is 0.507 e. The molecule has 2 aromatic carbocycles. The lowest BCUT2D eigenvalue weighted by atomic mass is 9.92. The lowest BCUT2D eigenvalue weighted by Gasteiger charge is -2.47. The Morgan fingerprint density at radius 3 is 2.31 bits per heavy atom. The number of aromatic hydroxyl groups is 1. The number of para-hydroxylation sites is 1. The maximum Gasteiger partial charge on any atom is 0.340 e. The van der Waals surface area contributed by atoms with Crippen molar-refractivity contribution >= 4 is 46.8 Å². The number of hydrogen-bond donors (Lipinski definition) is 3. The number of nitrogens with zero attached hydrogens (tertiary/aromatic N) is 8. The van der Waals surface area contributed by atoms with Crippen molar-refractivity contribution in [2.45, 2.75) is 68.7 Å². The van der Waals surface area contributed by atoms with Gasteiger partial charge in [0.2, 0.25) is 5.91 Å². The summed E-state index contributed by atoms with van der Waals surface area (Å²) in [5, 5.41) is 33.4. The van der Waals surface area contributed by atoms with E-state index in [1.165, 1.54) is 12.8 Å². The molecular formula is C45H53N9O8. The van der Waals surface area contributed by atoms with Crippen molar-refractivity contribution in [1.82, 2.24) is 29.8 Å². The highest BCUT2D eigenvalue weighted by atomic mass is 16.5. The second kappa shape index (κ2) is 15.9. The van der Waals surface area contributed by atoms with E-state index < -0.39 is 47.3 Å². The molecule has 17 nitrogen and oxygen atoms in total. The van der Waals surface area contributed by atoms with Gasteiger partial charge in [-0.15, -0.1) is 10.2 Å². The van der Waals surface area contributed by atoms with Gasteiger partial charge in [0.25, 0.3) is 17.7 Å². The number of rotatable bonds is 9. The highest BCUT2D eigenvalue weighted by molar-refractivity contribution is 6.24. The second-order valence-electron chi connectivity index (χ2n) is 18.1. The molecule has 0 radical (unpaired) electrons. The highest BCUT2D eigenvalue weighted by Crippen LogP contribution is 2.44. The first-order valence-electron chi connectivity index (χ1n) is 22.1. The summed E-state index contributed by atoms with van der Waals surface area (Å²) in [4.78, 5) is 77.7. The Kier molecular flexibility index (Phi) is 10.4. The fraction of sp³-hybridized carbons (Fsp3) is 0.533. The van der Waals surface area contributed by atoms with E-state index in [0.29, 0.717) is 29.1 Å². The second-order valence-corrected chi connectivity index (χ2v) is 18.1. The molecule has 7 heterocycles. The molecule has 4 amide bonds. The van der Waals surface area contributed by atoms with Gasteiger partial charge in [-0.05, 0) is 93.4 Å². The number of anilines is 3. The Bertz CT molecular complexity index is 2310. The summed E-state index contributed by atoms with van der Waals surface area (Å²) in [6.07, 6.45) is 4.16. The number of methoxy groups -OCH3 is 1. The quantitative estimate of drug-likeness (QED) is 0.210. The number of piperidine rings is 3. The Hall–Kier alpha value is -5.65. The van der Waals surface area contributed by atoms with Gasteiger partial charge < -0.3 is 35.0 Å². The number of hydrogen-bond acceptors (Lipinski definition) is 15. The molecule has 7 aliphatic rings. The molecule has 17 heteroatoms. The molecule has 1 aliphatic carbocycles. The number of nitrogens with one attached hydrogen (secondary N) is 1. The molecule has 0 bridgehead atoms. The van der Waals surface area contributed by atoms with E-state index in [9.17, 15) is 34.2 Å². The van der Waals surface area contributed by atoms with Crippen LogP contribution in [0.15, 0.2) is 48.5 Å². The molecular weight excluding hydrogens is 795 g/mol. The van der Waals surface area contributed by atoms with E-state index in [1.807, 2.05) is 24.3 Å². The van der Waals surface area contributed by atoms with Crippen LogP contribution in [0.25, 0.3) is 11.3 Å². The normalized spacial score (nSPS) is 27.2. The number of benzene rings is 2. The summed E-state index contributed by atoms with van der Waals surface area (Å²) in [7, 11) is 1.12. The van der Waals surface area contributed by atoms with Crippen molar-refractivity contribution in [2.24, 2.45) is 11.8 Å². The van der Waals surface area contributed by atoms with E-state index in [4.69, 9.17) is 0 Å². The summed E-state index contributed by atoms with van der Waals surface area (Å²) in [5.41, 5.74) is 1.75. The van der Waals surface area contributed by atoms with Gasteiger partial charge in [-0.25, -0.2) is 4.79 Å². The molecule has 3 N–H and O–H groups in total. The molecule has 1 saturated carbocycles. The third-order valence-corrected chi connectivity index (χ3v) is 14.4. The van der Waals surface area contributed by atoms with Crippen LogP contribution >= 0.6 is 0 Å². The van der Waals surface area contributed by atoms with E-state index in [2.05, 4.69) is 45.9 Å². The van der Waals surface area contributed by atoms with E-state index in [-0.39, 0.29) is 36.1 Å². The molecule has 3 unspecified atom stereocenters. The molecule has 10 rings (SSSR count). The molecule has 62 heavy (non-hydrogen) atoms. The zero-order chi connectivity index (χ0) is 42.9. The first-order valence-corrected chi connectivity index (χ1v) is 22.1. The van der Waals surface area contributed by atoms with Crippen molar-refractivity contribution in [3.8, 4) is 17.0 Å². The monoisotopic (exact) mass is 847 g/mol.